The lowest BCUT2D eigenvalue weighted by Crippen LogP contribution is -2.59. The summed E-state index contributed by atoms with van der Waals surface area (Å²) in [5.74, 6) is 11.2. The molecule has 0 radical (unpaired) electrons. The fraction of sp³-hybridized carbons (Fsp3) is 0.744. The van der Waals surface area contributed by atoms with E-state index < -0.39 is 22.9 Å². The number of terminal acetylenes is 6. The van der Waals surface area contributed by atoms with Crippen molar-refractivity contribution < 1.29 is 138 Å². The second-order valence-electron chi connectivity index (χ2n) is 24.1. The largest absolute Gasteiger partial charge is 0.379 e. The first-order chi connectivity index (χ1) is 56.2. The van der Waals surface area contributed by atoms with Gasteiger partial charge >= 0.3 is 0 Å². The normalized spacial score (nSPS) is 11.1. The van der Waals surface area contributed by atoms with Gasteiger partial charge in [-0.25, -0.2) is 0 Å². The van der Waals surface area contributed by atoms with Crippen molar-refractivity contribution in [1.82, 2.24) is 42.5 Å². The smallest absolute Gasteiger partial charge is 0.222 e. The van der Waals surface area contributed by atoms with Crippen LogP contribution < -0.4 is 42.5 Å². The monoisotopic (exact) mass is 1640 g/mol. The summed E-state index contributed by atoms with van der Waals surface area (Å²) in [6.45, 7) is 5.51. The summed E-state index contributed by atoms with van der Waals surface area (Å²) in [5.41, 5.74) is -2.84. The number of carbonyl (C=O) groups excluding carboxylic acids is 8. The van der Waals surface area contributed by atoms with Crippen molar-refractivity contribution in [2.24, 2.45) is 0 Å². The Bertz CT molecular complexity index is 2330. The van der Waals surface area contributed by atoms with Crippen LogP contribution in [0.1, 0.15) is 51.4 Å². The average molecular weight is 1640 g/mol. The Morgan fingerprint density at radius 1 is 0.183 bits per heavy atom. The first-order valence-electron chi connectivity index (χ1n) is 38.2. The van der Waals surface area contributed by atoms with Gasteiger partial charge in [0.25, 0.3) is 0 Å². The van der Waals surface area contributed by atoms with Crippen LogP contribution in [0.5, 0.6) is 0 Å². The minimum absolute atomic E-state index is 0.0560. The molecule has 0 bridgehead atoms. The van der Waals surface area contributed by atoms with Crippen LogP contribution in [-0.4, -0.2) is 375 Å². The number of hydrogen-bond donors (Lipinski definition) is 8. The highest BCUT2D eigenvalue weighted by atomic mass is 16.6. The van der Waals surface area contributed by atoms with Crippen LogP contribution in [0.4, 0.5) is 0 Å². The molecule has 0 unspecified atom stereocenters. The molecule has 37 heteroatoms. The Morgan fingerprint density at radius 2 is 0.322 bits per heavy atom. The van der Waals surface area contributed by atoms with Crippen LogP contribution in [-0.2, 0) is 138 Å². The number of carbonyl (C=O) groups is 8. The van der Waals surface area contributed by atoms with Crippen molar-refractivity contribution in [3.05, 3.63) is 0 Å². The average Bonchev–Trinajstić information content (AvgIpc) is 0.861. The molecule has 0 saturated heterocycles. The van der Waals surface area contributed by atoms with Gasteiger partial charge in [0.05, 0.1) is 238 Å². The Morgan fingerprint density at radius 3 is 0.496 bits per heavy atom. The van der Waals surface area contributed by atoms with E-state index in [0.29, 0.717) is 39.6 Å². The summed E-state index contributed by atoms with van der Waals surface area (Å²) in [6, 6.07) is 0. The van der Waals surface area contributed by atoms with Crippen molar-refractivity contribution in [2.75, 3.05) is 317 Å². The summed E-state index contributed by atoms with van der Waals surface area (Å²) >= 11 is 0. The van der Waals surface area contributed by atoms with Gasteiger partial charge < -0.3 is 142 Å². The predicted octanol–water partition coefficient (Wildman–Crippen LogP) is -3.34. The lowest BCUT2D eigenvalue weighted by atomic mass is 10.0. The van der Waals surface area contributed by atoms with Crippen LogP contribution in [0.2, 0.25) is 0 Å². The minimum atomic E-state index is -1.42. The number of rotatable bonds is 86. The fourth-order valence-corrected chi connectivity index (χ4v) is 8.86. The SMILES string of the molecule is C#CCOCCOCCNC(=O)CCOCC(COCCC(=O)NCCOCCOCC#C)(COCCC(=O)NCCOCCOCC#C)NC(=O)CCOCCOCCOCCC(=O)NC(COCCC(=O)NCCOCCOCC#C)(COCCC(=O)NCCOCCOCC#C)COCCC(=O)NCCOCCOCC#C. The van der Waals surface area contributed by atoms with Gasteiger partial charge in [0, 0.05) is 90.6 Å². The molecule has 0 aromatic heterocycles. The zero-order valence-electron chi connectivity index (χ0n) is 66.9. The van der Waals surface area contributed by atoms with E-state index in [9.17, 15) is 38.4 Å². The molecule has 8 amide bonds. The van der Waals surface area contributed by atoms with Crippen LogP contribution in [0.25, 0.3) is 0 Å². The van der Waals surface area contributed by atoms with Crippen molar-refractivity contribution in [1.29, 1.82) is 0 Å². The summed E-state index contributed by atoms with van der Waals surface area (Å²) in [5, 5.41) is 22.4. The fourth-order valence-electron chi connectivity index (χ4n) is 8.86. The molecule has 0 aliphatic rings. The molecule has 652 valence electrons. The quantitative estimate of drug-likeness (QED) is 0.0218. The lowest BCUT2D eigenvalue weighted by molar-refractivity contribution is -0.131. The van der Waals surface area contributed by atoms with Gasteiger partial charge in [0.1, 0.15) is 50.7 Å². The highest BCUT2D eigenvalue weighted by Crippen LogP contribution is 2.14. The molecule has 0 saturated carbocycles. The third-order valence-corrected chi connectivity index (χ3v) is 14.4. The Kier molecular flexibility index (Phi) is 77.2. The molecule has 0 rings (SSSR count). The third-order valence-electron chi connectivity index (χ3n) is 14.4. The molecular formula is C78H126N8O29. The van der Waals surface area contributed by atoms with Crippen LogP contribution in [0, 0.1) is 74.1 Å². The van der Waals surface area contributed by atoms with Crippen molar-refractivity contribution >= 4 is 47.3 Å². The van der Waals surface area contributed by atoms with E-state index in [1.165, 1.54) is 0 Å². The maximum atomic E-state index is 13.8. The second-order valence-corrected chi connectivity index (χ2v) is 24.1. The summed E-state index contributed by atoms with van der Waals surface area (Å²) in [6.07, 6.45) is 30.5. The number of nitrogens with one attached hydrogen (secondary N) is 8. The second kappa shape index (κ2) is 82.8. The Labute approximate surface area is 678 Å². The molecule has 0 fully saturated rings. The topological polar surface area (TPSA) is 427 Å². The first-order valence-corrected chi connectivity index (χ1v) is 38.2. The maximum absolute atomic E-state index is 13.8. The lowest BCUT2D eigenvalue weighted by Gasteiger charge is -2.34. The van der Waals surface area contributed by atoms with E-state index in [-0.39, 0.29) is 364 Å². The minimum Gasteiger partial charge on any atom is -0.379 e. The van der Waals surface area contributed by atoms with Crippen LogP contribution in [0.3, 0.4) is 0 Å². The van der Waals surface area contributed by atoms with E-state index in [1.54, 1.807) is 0 Å². The van der Waals surface area contributed by atoms with E-state index >= 15 is 0 Å². The van der Waals surface area contributed by atoms with Gasteiger partial charge in [-0.2, -0.15) is 0 Å². The number of ether oxygens (including phenoxy) is 21. The van der Waals surface area contributed by atoms with Gasteiger partial charge in [-0.1, -0.05) is 35.5 Å². The standard InChI is InChI=1S/C78H126N8O29/c1-7-27-95-47-55-103-41-21-79-69(87)13-35-110-63-77(64-111-36-14-70(88)80-22-42-104-56-48-96-28-8-2,65-112-37-15-71(89)81-23-43-105-57-49-97-29-9-3)85-75(93)19-33-101-53-61-109-62-54-102-34-20-76(94)86-78(66-113-38-16-72(90)82-24-44-106-58-50-98-30-10-4,67-114-39-17-73(91)83-25-45-107-59-51-99-31-11-5)68-115-40-18-74(92)84-26-46-108-60-52-100-32-12-6/h1-6H,13-68H2,(H,79,87)(H,80,88)(H,81,89)(H,82,90)(H,83,91)(H,84,92)(H,85,93)(H,86,94). The maximum Gasteiger partial charge on any atom is 0.222 e. The van der Waals surface area contributed by atoms with Crippen molar-refractivity contribution in [2.45, 2.75) is 62.4 Å². The Hall–Kier alpha value is -7.72. The molecule has 115 heavy (non-hydrogen) atoms. The van der Waals surface area contributed by atoms with Gasteiger partial charge in [-0.15, -0.1) is 38.5 Å². The van der Waals surface area contributed by atoms with E-state index in [1.807, 2.05) is 0 Å². The number of hydrogen-bond acceptors (Lipinski definition) is 29. The summed E-state index contributed by atoms with van der Waals surface area (Å²) in [4.78, 5) is 104. The van der Waals surface area contributed by atoms with Gasteiger partial charge in [0.2, 0.25) is 47.3 Å². The molecule has 0 aromatic rings. The highest BCUT2D eigenvalue weighted by Gasteiger charge is 2.36. The summed E-state index contributed by atoms with van der Waals surface area (Å²) < 4.78 is 117. The molecule has 0 aromatic carbocycles. The van der Waals surface area contributed by atoms with Crippen LogP contribution in [0.15, 0.2) is 0 Å². The van der Waals surface area contributed by atoms with Gasteiger partial charge in [-0.05, 0) is 0 Å². The van der Waals surface area contributed by atoms with Crippen molar-refractivity contribution in [3.63, 3.8) is 0 Å². The van der Waals surface area contributed by atoms with Gasteiger partial charge in [-0.3, -0.25) is 38.4 Å². The highest BCUT2D eigenvalue weighted by molar-refractivity contribution is 5.79. The van der Waals surface area contributed by atoms with Crippen LogP contribution >= 0.6 is 0 Å². The predicted molar refractivity (Wildman–Crippen MR) is 417 cm³/mol. The van der Waals surface area contributed by atoms with Crippen molar-refractivity contribution in [3.8, 4) is 74.1 Å². The number of amides is 8. The van der Waals surface area contributed by atoms with E-state index in [4.69, 9.17) is 138 Å². The van der Waals surface area contributed by atoms with Gasteiger partial charge in [0.15, 0.2) is 0 Å². The van der Waals surface area contributed by atoms with E-state index in [0.717, 1.165) is 0 Å². The molecule has 0 atom stereocenters. The molecule has 37 nitrogen and oxygen atoms in total. The zero-order valence-corrected chi connectivity index (χ0v) is 66.9. The van der Waals surface area contributed by atoms with E-state index in [2.05, 4.69) is 78.1 Å². The molecule has 0 aliphatic carbocycles. The molecule has 0 aliphatic heterocycles. The molecule has 0 spiro atoms. The molecule has 8 N–H and O–H groups in total. The Balaban J connectivity index is 6.07. The first kappa shape index (κ1) is 107. The third kappa shape index (κ3) is 74.8. The summed E-state index contributed by atoms with van der Waals surface area (Å²) in [7, 11) is 0. The molecule has 0 heterocycles. The molecular weight excluding hydrogens is 1510 g/mol. The zero-order chi connectivity index (χ0) is 84.0.